The van der Waals surface area contributed by atoms with E-state index in [2.05, 4.69) is 13.8 Å². The van der Waals surface area contributed by atoms with Gasteiger partial charge in [-0.2, -0.15) is 0 Å². The Balaban J connectivity index is 2.16. The van der Waals surface area contributed by atoms with Crippen LogP contribution in [0.5, 0.6) is 0 Å². The van der Waals surface area contributed by atoms with Crippen LogP contribution in [0.3, 0.4) is 0 Å². The van der Waals surface area contributed by atoms with Crippen LogP contribution in [-0.2, 0) is 4.74 Å². The minimum absolute atomic E-state index is 0.121. The van der Waals surface area contributed by atoms with Crippen molar-refractivity contribution in [2.75, 3.05) is 13.1 Å². The first-order chi connectivity index (χ1) is 10.7. The molecule has 1 aromatic carbocycles. The number of nitrogens with zero attached hydrogens (tertiary/aromatic N) is 1. The van der Waals surface area contributed by atoms with Crippen molar-refractivity contribution in [1.82, 2.24) is 4.90 Å². The molecular formula is C19H27NO3. The molecule has 0 saturated carbocycles. The predicted octanol–water partition coefficient (Wildman–Crippen LogP) is 4.01. The molecule has 1 amide bonds. The van der Waals surface area contributed by atoms with Crippen molar-refractivity contribution in [1.29, 1.82) is 0 Å². The zero-order valence-electron chi connectivity index (χ0n) is 14.7. The topological polar surface area (TPSA) is 46.6 Å². The molecule has 1 aromatic rings. The van der Waals surface area contributed by atoms with E-state index in [1.54, 1.807) is 4.90 Å². The highest BCUT2D eigenvalue weighted by molar-refractivity contribution is 5.98. The fraction of sp³-hybridized carbons (Fsp3) is 0.579. The van der Waals surface area contributed by atoms with Gasteiger partial charge < -0.3 is 9.64 Å². The molecule has 2 rings (SSSR count). The predicted molar refractivity (Wildman–Crippen MR) is 90.4 cm³/mol. The summed E-state index contributed by atoms with van der Waals surface area (Å²) in [6, 6.07) is 9.33. The summed E-state index contributed by atoms with van der Waals surface area (Å²) in [7, 11) is 0. The molecular weight excluding hydrogens is 290 g/mol. The summed E-state index contributed by atoms with van der Waals surface area (Å²) in [6.45, 7) is 10.8. The highest BCUT2D eigenvalue weighted by Gasteiger charge is 2.42. The number of hydrogen-bond donors (Lipinski definition) is 0. The minimum Gasteiger partial charge on any atom is -0.444 e. The van der Waals surface area contributed by atoms with Crippen LogP contribution in [0, 0.1) is 17.8 Å². The number of rotatable bonds is 3. The molecule has 1 aliphatic heterocycles. The van der Waals surface area contributed by atoms with Gasteiger partial charge in [-0.05, 0) is 32.6 Å². The van der Waals surface area contributed by atoms with E-state index in [9.17, 15) is 9.59 Å². The molecule has 0 radical (unpaired) electrons. The van der Waals surface area contributed by atoms with Gasteiger partial charge in [-0.15, -0.1) is 0 Å². The number of amides is 1. The maximum atomic E-state index is 12.8. The van der Waals surface area contributed by atoms with Gasteiger partial charge in [-0.1, -0.05) is 44.2 Å². The Labute approximate surface area is 138 Å². The fourth-order valence-corrected chi connectivity index (χ4v) is 3.07. The summed E-state index contributed by atoms with van der Waals surface area (Å²) in [5, 5.41) is 0. The van der Waals surface area contributed by atoms with E-state index in [1.807, 2.05) is 51.1 Å². The van der Waals surface area contributed by atoms with Crippen LogP contribution < -0.4 is 0 Å². The molecule has 0 aliphatic carbocycles. The smallest absolute Gasteiger partial charge is 0.410 e. The first kappa shape index (κ1) is 17.5. The molecule has 2 unspecified atom stereocenters. The molecule has 4 heteroatoms. The van der Waals surface area contributed by atoms with Crippen molar-refractivity contribution < 1.29 is 14.3 Å². The van der Waals surface area contributed by atoms with E-state index in [0.717, 1.165) is 0 Å². The van der Waals surface area contributed by atoms with Crippen LogP contribution >= 0.6 is 0 Å². The molecule has 1 heterocycles. The van der Waals surface area contributed by atoms with Crippen molar-refractivity contribution >= 4 is 11.9 Å². The van der Waals surface area contributed by atoms with Gasteiger partial charge >= 0.3 is 6.09 Å². The quantitative estimate of drug-likeness (QED) is 0.791. The van der Waals surface area contributed by atoms with Gasteiger partial charge in [-0.25, -0.2) is 4.79 Å². The van der Waals surface area contributed by atoms with Crippen LogP contribution in [0.4, 0.5) is 4.79 Å². The maximum absolute atomic E-state index is 12.8. The molecule has 1 saturated heterocycles. The van der Waals surface area contributed by atoms with Gasteiger partial charge in [0.1, 0.15) is 5.60 Å². The lowest BCUT2D eigenvalue weighted by molar-refractivity contribution is 0.0282. The average molecular weight is 317 g/mol. The van der Waals surface area contributed by atoms with Crippen molar-refractivity contribution in [3.63, 3.8) is 0 Å². The van der Waals surface area contributed by atoms with Crippen molar-refractivity contribution in [3.05, 3.63) is 35.9 Å². The lowest BCUT2D eigenvalue weighted by Gasteiger charge is -2.24. The Morgan fingerprint density at radius 1 is 1.13 bits per heavy atom. The van der Waals surface area contributed by atoms with Gasteiger partial charge in [-0.3, -0.25) is 4.79 Å². The highest BCUT2D eigenvalue weighted by atomic mass is 16.6. The number of carbonyl (C=O) groups excluding carboxylic acids is 2. The second-order valence-electron chi connectivity index (χ2n) is 7.63. The number of ether oxygens (including phenoxy) is 1. The van der Waals surface area contributed by atoms with E-state index in [1.165, 1.54) is 0 Å². The molecule has 1 aliphatic rings. The van der Waals surface area contributed by atoms with Gasteiger partial charge in [0, 0.05) is 24.6 Å². The summed E-state index contributed by atoms with van der Waals surface area (Å²) in [5.74, 6) is 0.454. The zero-order chi connectivity index (χ0) is 17.2. The minimum atomic E-state index is -0.522. The van der Waals surface area contributed by atoms with Crippen molar-refractivity contribution in [3.8, 4) is 0 Å². The number of ketones is 1. The fourth-order valence-electron chi connectivity index (χ4n) is 3.07. The maximum Gasteiger partial charge on any atom is 0.410 e. The van der Waals surface area contributed by atoms with E-state index in [0.29, 0.717) is 24.6 Å². The third-order valence-corrected chi connectivity index (χ3v) is 4.27. The summed E-state index contributed by atoms with van der Waals surface area (Å²) in [6.07, 6.45) is -0.327. The first-order valence-corrected chi connectivity index (χ1v) is 8.26. The van der Waals surface area contributed by atoms with Crippen LogP contribution in [-0.4, -0.2) is 35.5 Å². The Morgan fingerprint density at radius 2 is 1.74 bits per heavy atom. The third-order valence-electron chi connectivity index (χ3n) is 4.27. The van der Waals surface area contributed by atoms with Crippen molar-refractivity contribution in [2.45, 2.75) is 40.2 Å². The van der Waals surface area contributed by atoms with Crippen molar-refractivity contribution in [2.24, 2.45) is 17.8 Å². The van der Waals surface area contributed by atoms with Gasteiger partial charge in [0.25, 0.3) is 0 Å². The summed E-state index contributed by atoms with van der Waals surface area (Å²) < 4.78 is 5.46. The molecule has 23 heavy (non-hydrogen) atoms. The lowest BCUT2D eigenvalue weighted by atomic mass is 9.82. The average Bonchev–Trinajstić information content (AvgIpc) is 2.91. The van der Waals surface area contributed by atoms with Crippen LogP contribution in [0.25, 0.3) is 0 Å². The molecule has 0 bridgehead atoms. The number of carbonyl (C=O) groups is 2. The first-order valence-electron chi connectivity index (χ1n) is 8.26. The number of Topliss-reactive ketones (excluding diaryl/α,β-unsaturated/α-hetero) is 1. The lowest BCUT2D eigenvalue weighted by Crippen LogP contribution is -2.36. The highest BCUT2D eigenvalue weighted by Crippen LogP contribution is 2.33. The number of benzene rings is 1. The Bertz CT molecular complexity index is 560. The van der Waals surface area contributed by atoms with E-state index >= 15 is 0 Å². The third kappa shape index (κ3) is 4.34. The van der Waals surface area contributed by atoms with E-state index < -0.39 is 5.60 Å². The second-order valence-corrected chi connectivity index (χ2v) is 7.63. The monoisotopic (exact) mass is 317 g/mol. The summed E-state index contributed by atoms with van der Waals surface area (Å²) in [5.41, 5.74) is 0.195. The standard InChI is InChI=1S/C19H27NO3/c1-13(2)15-11-20(18(22)23-19(3,4)5)12-16(15)17(21)14-9-7-6-8-10-14/h6-10,13,15-16H,11-12H2,1-5H3. The molecule has 0 aromatic heterocycles. The summed E-state index contributed by atoms with van der Waals surface area (Å²) >= 11 is 0. The zero-order valence-corrected chi connectivity index (χ0v) is 14.7. The SMILES string of the molecule is CC(C)C1CN(C(=O)OC(C)(C)C)CC1C(=O)c1ccccc1. The molecule has 4 nitrogen and oxygen atoms in total. The number of likely N-dealkylation sites (tertiary alicyclic amines) is 1. The van der Waals surface area contributed by atoms with Gasteiger partial charge in [0.2, 0.25) is 0 Å². The Hall–Kier alpha value is -1.84. The normalized spacial score (nSPS) is 21.6. The van der Waals surface area contributed by atoms with Gasteiger partial charge in [0.15, 0.2) is 5.78 Å². The number of hydrogen-bond acceptors (Lipinski definition) is 3. The van der Waals surface area contributed by atoms with E-state index in [4.69, 9.17) is 4.74 Å². The second kappa shape index (κ2) is 6.73. The van der Waals surface area contributed by atoms with E-state index in [-0.39, 0.29) is 23.7 Å². The van der Waals surface area contributed by atoms with Crippen LogP contribution in [0.1, 0.15) is 45.0 Å². The largest absolute Gasteiger partial charge is 0.444 e. The van der Waals surface area contributed by atoms with Crippen LogP contribution in [0.2, 0.25) is 0 Å². The Morgan fingerprint density at radius 3 is 2.26 bits per heavy atom. The van der Waals surface area contributed by atoms with Crippen LogP contribution in [0.15, 0.2) is 30.3 Å². The molecule has 0 N–H and O–H groups in total. The molecule has 2 atom stereocenters. The van der Waals surface area contributed by atoms with Gasteiger partial charge in [0.05, 0.1) is 0 Å². The summed E-state index contributed by atoms with van der Waals surface area (Å²) in [4.78, 5) is 26.8. The molecule has 126 valence electrons. The molecule has 0 spiro atoms. The Kier molecular flexibility index (Phi) is 5.12. The molecule has 1 fully saturated rings.